The van der Waals surface area contributed by atoms with Crippen molar-refractivity contribution in [3.63, 3.8) is 0 Å². The van der Waals surface area contributed by atoms with Gasteiger partial charge in [0.2, 0.25) is 5.91 Å². The van der Waals surface area contributed by atoms with Crippen molar-refractivity contribution in [3.05, 3.63) is 66.2 Å². The third-order valence-electron chi connectivity index (χ3n) is 3.61. The van der Waals surface area contributed by atoms with Crippen LogP contribution in [0.2, 0.25) is 0 Å². The molecule has 0 saturated heterocycles. The molecule has 2 aromatic carbocycles. The summed E-state index contributed by atoms with van der Waals surface area (Å²) >= 11 is 0. The van der Waals surface area contributed by atoms with Crippen LogP contribution in [-0.2, 0) is 11.2 Å². The summed E-state index contributed by atoms with van der Waals surface area (Å²) in [5, 5.41) is 10.9. The van der Waals surface area contributed by atoms with Gasteiger partial charge in [-0.05, 0) is 48.5 Å². The predicted molar refractivity (Wildman–Crippen MR) is 91.3 cm³/mol. The van der Waals surface area contributed by atoms with E-state index in [1.54, 1.807) is 18.0 Å². The Balaban J connectivity index is 1.55. The number of ether oxygens (including phenoxy) is 1. The summed E-state index contributed by atoms with van der Waals surface area (Å²) in [6.45, 7) is 0. The number of hydrogen-bond acceptors (Lipinski definition) is 4. The molecule has 0 aliphatic carbocycles. The van der Waals surface area contributed by atoms with Gasteiger partial charge in [-0.3, -0.25) is 4.79 Å². The SMILES string of the molecule is COc1ccc(-n2cc(CCC(=O)Nc3ccc(F)cc3)nn2)cc1. The number of rotatable bonds is 6. The van der Waals surface area contributed by atoms with Crippen LogP contribution in [0.3, 0.4) is 0 Å². The van der Waals surface area contributed by atoms with Crippen molar-refractivity contribution >= 4 is 11.6 Å². The van der Waals surface area contributed by atoms with Gasteiger partial charge in [-0.25, -0.2) is 9.07 Å². The maximum Gasteiger partial charge on any atom is 0.224 e. The Hall–Kier alpha value is -3.22. The second kappa shape index (κ2) is 7.57. The second-order valence-corrected chi connectivity index (χ2v) is 5.41. The minimum atomic E-state index is -0.340. The molecule has 0 saturated carbocycles. The van der Waals surface area contributed by atoms with Crippen LogP contribution >= 0.6 is 0 Å². The van der Waals surface area contributed by atoms with Crippen molar-refractivity contribution in [3.8, 4) is 11.4 Å². The second-order valence-electron chi connectivity index (χ2n) is 5.41. The first-order chi connectivity index (χ1) is 12.1. The molecule has 0 radical (unpaired) electrons. The van der Waals surface area contributed by atoms with E-state index in [1.807, 2.05) is 24.3 Å². The number of hydrogen-bond donors (Lipinski definition) is 1. The lowest BCUT2D eigenvalue weighted by Gasteiger charge is -2.04. The highest BCUT2D eigenvalue weighted by Crippen LogP contribution is 2.14. The predicted octanol–water partition coefficient (Wildman–Crippen LogP) is 2.99. The molecule has 128 valence electrons. The summed E-state index contributed by atoms with van der Waals surface area (Å²) in [4.78, 5) is 11.9. The van der Waals surface area contributed by atoms with Crippen LogP contribution in [0.4, 0.5) is 10.1 Å². The summed E-state index contributed by atoms with van der Waals surface area (Å²) in [5.41, 5.74) is 2.13. The van der Waals surface area contributed by atoms with Crippen molar-refractivity contribution < 1.29 is 13.9 Å². The number of anilines is 1. The van der Waals surface area contributed by atoms with Crippen LogP contribution in [0.1, 0.15) is 12.1 Å². The van der Waals surface area contributed by atoms with E-state index in [0.717, 1.165) is 11.4 Å². The quantitative estimate of drug-likeness (QED) is 0.749. The Morgan fingerprint density at radius 3 is 2.56 bits per heavy atom. The van der Waals surface area contributed by atoms with Gasteiger partial charge < -0.3 is 10.1 Å². The molecule has 1 heterocycles. The Labute approximate surface area is 144 Å². The van der Waals surface area contributed by atoms with E-state index < -0.39 is 0 Å². The molecule has 7 heteroatoms. The molecule has 0 atom stereocenters. The largest absolute Gasteiger partial charge is 0.497 e. The van der Waals surface area contributed by atoms with E-state index in [0.29, 0.717) is 17.8 Å². The van der Waals surface area contributed by atoms with Crippen molar-refractivity contribution in [2.24, 2.45) is 0 Å². The van der Waals surface area contributed by atoms with Gasteiger partial charge in [-0.15, -0.1) is 5.10 Å². The number of amides is 1. The summed E-state index contributed by atoms with van der Waals surface area (Å²) in [7, 11) is 1.61. The molecule has 0 spiro atoms. The normalized spacial score (nSPS) is 10.5. The van der Waals surface area contributed by atoms with E-state index in [9.17, 15) is 9.18 Å². The molecule has 1 aromatic heterocycles. The fourth-order valence-electron chi connectivity index (χ4n) is 2.27. The van der Waals surface area contributed by atoms with Crippen LogP contribution in [0.5, 0.6) is 5.75 Å². The highest BCUT2D eigenvalue weighted by atomic mass is 19.1. The topological polar surface area (TPSA) is 69.0 Å². The summed E-state index contributed by atoms with van der Waals surface area (Å²) < 4.78 is 19.6. The van der Waals surface area contributed by atoms with E-state index in [4.69, 9.17) is 4.74 Å². The summed E-state index contributed by atoms with van der Waals surface area (Å²) in [6, 6.07) is 13.1. The average molecular weight is 340 g/mol. The first-order valence-corrected chi connectivity index (χ1v) is 7.75. The minimum absolute atomic E-state index is 0.161. The van der Waals surface area contributed by atoms with Gasteiger partial charge >= 0.3 is 0 Å². The summed E-state index contributed by atoms with van der Waals surface area (Å²) in [6.07, 6.45) is 2.51. The third kappa shape index (κ3) is 4.41. The van der Waals surface area contributed by atoms with Gasteiger partial charge in [-0.2, -0.15) is 0 Å². The fourth-order valence-corrected chi connectivity index (χ4v) is 2.27. The molecule has 0 unspecified atom stereocenters. The van der Waals surface area contributed by atoms with Gasteiger partial charge in [0.25, 0.3) is 0 Å². The van der Waals surface area contributed by atoms with E-state index in [1.165, 1.54) is 24.3 Å². The van der Waals surface area contributed by atoms with Gasteiger partial charge in [0.05, 0.1) is 24.7 Å². The number of aryl methyl sites for hydroxylation is 1. The van der Waals surface area contributed by atoms with Crippen molar-refractivity contribution in [2.75, 3.05) is 12.4 Å². The highest BCUT2D eigenvalue weighted by Gasteiger charge is 2.07. The fraction of sp³-hybridized carbons (Fsp3) is 0.167. The van der Waals surface area contributed by atoms with Gasteiger partial charge in [0.1, 0.15) is 11.6 Å². The zero-order valence-corrected chi connectivity index (χ0v) is 13.6. The zero-order valence-electron chi connectivity index (χ0n) is 13.6. The maximum atomic E-state index is 12.8. The molecule has 25 heavy (non-hydrogen) atoms. The molecule has 6 nitrogen and oxygen atoms in total. The van der Waals surface area contributed by atoms with Crippen LogP contribution in [0, 0.1) is 5.82 Å². The highest BCUT2D eigenvalue weighted by molar-refractivity contribution is 5.90. The zero-order chi connectivity index (χ0) is 17.6. The van der Waals surface area contributed by atoms with Crippen molar-refractivity contribution in [1.29, 1.82) is 0 Å². The van der Waals surface area contributed by atoms with Crippen molar-refractivity contribution in [2.45, 2.75) is 12.8 Å². The van der Waals surface area contributed by atoms with Crippen LogP contribution in [0.15, 0.2) is 54.7 Å². The average Bonchev–Trinajstić information content (AvgIpc) is 3.11. The molecule has 0 bridgehead atoms. The van der Waals surface area contributed by atoms with E-state index in [2.05, 4.69) is 15.6 Å². The molecule has 3 rings (SSSR count). The lowest BCUT2D eigenvalue weighted by molar-refractivity contribution is -0.116. The van der Waals surface area contributed by atoms with Crippen LogP contribution in [0.25, 0.3) is 5.69 Å². The standard InChI is InChI=1S/C18H17FN4O2/c1-25-17-9-7-16(8-10-17)23-12-15(21-22-23)6-11-18(24)20-14-4-2-13(19)3-5-14/h2-5,7-10,12H,6,11H2,1H3,(H,20,24). The van der Waals surface area contributed by atoms with Gasteiger partial charge in [0, 0.05) is 18.5 Å². The molecular formula is C18H17FN4O2. The molecular weight excluding hydrogens is 323 g/mol. The minimum Gasteiger partial charge on any atom is -0.497 e. The van der Waals surface area contributed by atoms with Gasteiger partial charge in [-0.1, -0.05) is 5.21 Å². The number of methoxy groups -OCH3 is 1. The number of nitrogens with one attached hydrogen (secondary N) is 1. The monoisotopic (exact) mass is 340 g/mol. The molecule has 0 fully saturated rings. The Kier molecular flexibility index (Phi) is 5.03. The van der Waals surface area contributed by atoms with Crippen molar-refractivity contribution in [1.82, 2.24) is 15.0 Å². The number of aromatic nitrogens is 3. The molecule has 0 aliphatic rings. The number of nitrogens with zero attached hydrogens (tertiary/aromatic N) is 3. The molecule has 1 amide bonds. The van der Waals surface area contributed by atoms with E-state index in [-0.39, 0.29) is 18.1 Å². The number of halogens is 1. The maximum absolute atomic E-state index is 12.8. The summed E-state index contributed by atoms with van der Waals surface area (Å²) in [5.74, 6) is 0.264. The number of benzene rings is 2. The number of carbonyl (C=O) groups is 1. The van der Waals surface area contributed by atoms with E-state index >= 15 is 0 Å². The van der Waals surface area contributed by atoms with Crippen LogP contribution < -0.4 is 10.1 Å². The lowest BCUT2D eigenvalue weighted by Crippen LogP contribution is -2.12. The first-order valence-electron chi connectivity index (χ1n) is 7.75. The van der Waals surface area contributed by atoms with Gasteiger partial charge in [0.15, 0.2) is 0 Å². The lowest BCUT2D eigenvalue weighted by atomic mass is 10.2. The first kappa shape index (κ1) is 16.6. The molecule has 0 aliphatic heterocycles. The molecule has 1 N–H and O–H groups in total. The Morgan fingerprint density at radius 2 is 1.88 bits per heavy atom. The Morgan fingerprint density at radius 1 is 1.16 bits per heavy atom. The number of carbonyl (C=O) groups excluding carboxylic acids is 1. The Bertz CT molecular complexity index is 844. The molecule has 3 aromatic rings. The smallest absolute Gasteiger partial charge is 0.224 e. The third-order valence-corrected chi connectivity index (χ3v) is 3.61. The van der Waals surface area contributed by atoms with Crippen LogP contribution in [-0.4, -0.2) is 28.0 Å².